The third kappa shape index (κ3) is 5.12. The van der Waals surface area contributed by atoms with E-state index >= 15 is 0 Å². The summed E-state index contributed by atoms with van der Waals surface area (Å²) in [5.74, 6) is -0.205. The highest BCUT2D eigenvalue weighted by Gasteiger charge is 2.24. The van der Waals surface area contributed by atoms with Gasteiger partial charge in [0.2, 0.25) is 0 Å². The van der Waals surface area contributed by atoms with E-state index in [0.717, 1.165) is 17.8 Å². The number of hydrogen-bond donors (Lipinski definition) is 1. The predicted octanol–water partition coefficient (Wildman–Crippen LogP) is 3.64. The fourth-order valence-electron chi connectivity index (χ4n) is 2.40. The van der Waals surface area contributed by atoms with Crippen LogP contribution in [0.5, 0.6) is 0 Å². The lowest BCUT2D eigenvalue weighted by atomic mass is 10.1. The Kier molecular flexibility index (Phi) is 6.72. The molecule has 2 rings (SSSR count). The normalized spacial score (nSPS) is 11.4. The van der Waals surface area contributed by atoms with Crippen LogP contribution in [-0.4, -0.2) is 53.1 Å². The first kappa shape index (κ1) is 19.6. The Morgan fingerprint density at radius 3 is 2.40 bits per heavy atom. The fourth-order valence-corrected chi connectivity index (χ4v) is 3.20. The summed E-state index contributed by atoms with van der Waals surface area (Å²) in [5, 5.41) is 7.15. The molecule has 0 radical (unpaired) electrons. The van der Waals surface area contributed by atoms with Gasteiger partial charge in [0, 0.05) is 19.6 Å². The highest BCUT2D eigenvalue weighted by atomic mass is 79.9. The Balaban J connectivity index is 2.24. The molecule has 1 heterocycles. The van der Waals surface area contributed by atoms with Gasteiger partial charge in [-0.15, -0.1) is 0 Å². The first-order valence-electron chi connectivity index (χ1n) is 8.21. The highest BCUT2D eigenvalue weighted by molar-refractivity contribution is 9.10. The van der Waals surface area contributed by atoms with E-state index in [-0.39, 0.29) is 17.6 Å². The summed E-state index contributed by atoms with van der Waals surface area (Å²) in [4.78, 5) is 16.8. The lowest BCUT2D eigenvalue weighted by Gasteiger charge is -2.24. The number of aromatic nitrogens is 2. The van der Waals surface area contributed by atoms with Crippen LogP contribution in [0, 0.1) is 5.82 Å². The first-order chi connectivity index (χ1) is 11.8. The van der Waals surface area contributed by atoms with E-state index in [0.29, 0.717) is 23.3 Å². The molecule has 0 fully saturated rings. The van der Waals surface area contributed by atoms with Crippen molar-refractivity contribution in [1.82, 2.24) is 20.0 Å². The number of nitrogens with zero attached hydrogens (tertiary/aromatic N) is 3. The minimum absolute atomic E-state index is 0.152. The summed E-state index contributed by atoms with van der Waals surface area (Å²) < 4.78 is 13.8. The Morgan fingerprint density at radius 2 is 1.88 bits per heavy atom. The molecule has 5 nitrogen and oxygen atoms in total. The lowest BCUT2D eigenvalue weighted by Crippen LogP contribution is -2.36. The minimum Gasteiger partial charge on any atom is -0.332 e. The van der Waals surface area contributed by atoms with Crippen LogP contribution in [-0.2, 0) is 6.54 Å². The van der Waals surface area contributed by atoms with Gasteiger partial charge in [0.1, 0.15) is 5.82 Å². The van der Waals surface area contributed by atoms with Crippen molar-refractivity contribution < 1.29 is 9.18 Å². The number of halogens is 2. The van der Waals surface area contributed by atoms with Gasteiger partial charge in [-0.3, -0.25) is 9.89 Å². The molecule has 0 bridgehead atoms. The van der Waals surface area contributed by atoms with Crippen LogP contribution in [0.4, 0.5) is 4.39 Å². The summed E-state index contributed by atoms with van der Waals surface area (Å²) in [6.07, 6.45) is 0. The summed E-state index contributed by atoms with van der Waals surface area (Å²) in [5.41, 5.74) is 2.16. The molecule has 1 N–H and O–H groups in total. The Hall–Kier alpha value is -1.73. The molecule has 136 valence electrons. The van der Waals surface area contributed by atoms with Crippen molar-refractivity contribution in [3.63, 3.8) is 0 Å². The Labute approximate surface area is 156 Å². The molecule has 25 heavy (non-hydrogen) atoms. The zero-order chi connectivity index (χ0) is 18.6. The van der Waals surface area contributed by atoms with Gasteiger partial charge in [-0.2, -0.15) is 5.10 Å². The maximum Gasteiger partial charge on any atom is 0.275 e. The molecule has 2 aromatic rings. The molecule has 0 spiro atoms. The van der Waals surface area contributed by atoms with Crippen molar-refractivity contribution >= 4 is 21.8 Å². The molecule has 1 aromatic heterocycles. The van der Waals surface area contributed by atoms with Crippen molar-refractivity contribution in [2.24, 2.45) is 0 Å². The minimum atomic E-state index is -0.286. The third-order valence-electron chi connectivity index (χ3n) is 3.90. The Morgan fingerprint density at radius 1 is 1.24 bits per heavy atom. The molecule has 0 atom stereocenters. The SMILES string of the molecule is CC(C)c1[nH]nc(C(=O)N(CCN(C)C)Cc2ccc(F)cc2)c1Br. The number of amides is 1. The average molecular weight is 411 g/mol. The van der Waals surface area contributed by atoms with E-state index < -0.39 is 0 Å². The van der Waals surface area contributed by atoms with Crippen LogP contribution in [0.15, 0.2) is 28.7 Å². The number of aromatic amines is 1. The van der Waals surface area contributed by atoms with Gasteiger partial charge in [-0.25, -0.2) is 4.39 Å². The van der Waals surface area contributed by atoms with Gasteiger partial charge >= 0.3 is 0 Å². The number of H-pyrrole nitrogens is 1. The summed E-state index contributed by atoms with van der Waals surface area (Å²) >= 11 is 3.49. The molecule has 0 aliphatic heterocycles. The predicted molar refractivity (Wildman–Crippen MR) is 100 cm³/mol. The van der Waals surface area contributed by atoms with Gasteiger partial charge in [0.05, 0.1) is 10.2 Å². The molecule has 0 aliphatic rings. The maximum atomic E-state index is 13.1. The van der Waals surface area contributed by atoms with Crippen molar-refractivity contribution in [2.75, 3.05) is 27.2 Å². The van der Waals surface area contributed by atoms with Gasteiger partial charge in [0.25, 0.3) is 5.91 Å². The number of benzene rings is 1. The summed E-state index contributed by atoms with van der Waals surface area (Å²) in [6, 6.07) is 6.21. The molecule has 1 amide bonds. The zero-order valence-corrected chi connectivity index (χ0v) is 16.6. The first-order valence-corrected chi connectivity index (χ1v) is 9.01. The third-order valence-corrected chi connectivity index (χ3v) is 4.71. The number of carbonyl (C=O) groups is 1. The van der Waals surface area contributed by atoms with E-state index in [9.17, 15) is 9.18 Å². The van der Waals surface area contributed by atoms with Gasteiger partial charge in [-0.1, -0.05) is 26.0 Å². The van der Waals surface area contributed by atoms with Gasteiger partial charge in [0.15, 0.2) is 5.69 Å². The number of hydrogen-bond acceptors (Lipinski definition) is 3. The molecular weight excluding hydrogens is 387 g/mol. The van der Waals surface area contributed by atoms with Crippen LogP contribution in [0.1, 0.15) is 41.5 Å². The van der Waals surface area contributed by atoms with Crippen LogP contribution >= 0.6 is 15.9 Å². The highest BCUT2D eigenvalue weighted by Crippen LogP contribution is 2.26. The second-order valence-electron chi connectivity index (χ2n) is 6.61. The van der Waals surface area contributed by atoms with Crippen LogP contribution in [0.3, 0.4) is 0 Å². The maximum absolute atomic E-state index is 13.1. The molecule has 0 unspecified atom stereocenters. The average Bonchev–Trinajstić information content (AvgIpc) is 2.94. The van der Waals surface area contributed by atoms with Crippen LogP contribution in [0.2, 0.25) is 0 Å². The Bertz CT molecular complexity index is 712. The van der Waals surface area contributed by atoms with Crippen molar-refractivity contribution in [1.29, 1.82) is 0 Å². The number of rotatable bonds is 7. The molecule has 1 aromatic carbocycles. The van der Waals surface area contributed by atoms with E-state index in [1.807, 2.05) is 32.8 Å². The second kappa shape index (κ2) is 8.58. The molecule has 0 saturated heterocycles. The quantitative estimate of drug-likeness (QED) is 0.757. The summed E-state index contributed by atoms with van der Waals surface area (Å²) in [6.45, 7) is 5.76. The molecule has 7 heteroatoms. The topological polar surface area (TPSA) is 52.2 Å². The van der Waals surface area contributed by atoms with Crippen LogP contribution in [0.25, 0.3) is 0 Å². The number of likely N-dealkylation sites (N-methyl/N-ethyl adjacent to an activating group) is 1. The van der Waals surface area contributed by atoms with Crippen molar-refractivity contribution in [3.8, 4) is 0 Å². The standard InChI is InChI=1S/C18H24BrFN4O/c1-12(2)16-15(19)17(22-21-16)18(25)24(10-9-23(3)4)11-13-5-7-14(20)8-6-13/h5-8,12H,9-11H2,1-4H3,(H,21,22). The number of carbonyl (C=O) groups excluding carboxylic acids is 1. The van der Waals surface area contributed by atoms with E-state index in [4.69, 9.17) is 0 Å². The van der Waals surface area contributed by atoms with Crippen molar-refractivity contribution in [2.45, 2.75) is 26.3 Å². The largest absolute Gasteiger partial charge is 0.332 e. The van der Waals surface area contributed by atoms with E-state index in [2.05, 4.69) is 26.1 Å². The lowest BCUT2D eigenvalue weighted by molar-refractivity contribution is 0.0725. The fraction of sp³-hybridized carbons (Fsp3) is 0.444. The van der Waals surface area contributed by atoms with E-state index in [1.165, 1.54) is 12.1 Å². The molecular formula is C18H24BrFN4O. The number of nitrogens with one attached hydrogen (secondary N) is 1. The molecule has 0 aliphatic carbocycles. The zero-order valence-electron chi connectivity index (χ0n) is 15.0. The summed E-state index contributed by atoms with van der Waals surface area (Å²) in [7, 11) is 3.92. The van der Waals surface area contributed by atoms with Crippen molar-refractivity contribution in [3.05, 3.63) is 51.5 Å². The second-order valence-corrected chi connectivity index (χ2v) is 7.40. The van der Waals surface area contributed by atoms with E-state index in [1.54, 1.807) is 17.0 Å². The van der Waals surface area contributed by atoms with Crippen LogP contribution < -0.4 is 0 Å². The smallest absolute Gasteiger partial charge is 0.275 e. The monoisotopic (exact) mass is 410 g/mol. The molecule has 0 saturated carbocycles. The van der Waals surface area contributed by atoms with Gasteiger partial charge < -0.3 is 9.80 Å². The van der Waals surface area contributed by atoms with Gasteiger partial charge in [-0.05, 0) is 53.6 Å².